The number of nitrogens with zero attached hydrogens (tertiary/aromatic N) is 2. The molecule has 2 aromatic rings. The van der Waals surface area contributed by atoms with E-state index in [1.807, 2.05) is 18.2 Å². The van der Waals surface area contributed by atoms with E-state index in [9.17, 15) is 23.3 Å². The highest BCUT2D eigenvalue weighted by Crippen LogP contribution is 2.37. The van der Waals surface area contributed by atoms with Crippen LogP contribution in [0.4, 0.5) is 17.1 Å². The zero-order valence-corrected chi connectivity index (χ0v) is 15.7. The first-order valence-electron chi connectivity index (χ1n) is 8.29. The number of rotatable bonds is 4. The van der Waals surface area contributed by atoms with Crippen LogP contribution >= 0.6 is 0 Å². The van der Waals surface area contributed by atoms with Crippen molar-refractivity contribution < 1.29 is 18.1 Å². The van der Waals surface area contributed by atoms with Crippen LogP contribution in [0.15, 0.2) is 41.3 Å². The number of nitro groups is 1. The number of nitrogens with one attached hydrogen (secondary N) is 1. The summed E-state index contributed by atoms with van der Waals surface area (Å²) < 4.78 is 24.0. The van der Waals surface area contributed by atoms with Gasteiger partial charge in [-0.25, -0.2) is 8.42 Å². The predicted molar refractivity (Wildman–Crippen MR) is 102 cm³/mol. The Morgan fingerprint density at radius 3 is 2.56 bits per heavy atom. The van der Waals surface area contributed by atoms with Crippen LogP contribution in [0.5, 0.6) is 0 Å². The van der Waals surface area contributed by atoms with Crippen molar-refractivity contribution in [3.05, 3.63) is 57.6 Å². The number of nitro benzene ring substituents is 1. The van der Waals surface area contributed by atoms with Crippen molar-refractivity contribution in [1.82, 2.24) is 0 Å². The van der Waals surface area contributed by atoms with E-state index in [4.69, 9.17) is 0 Å². The average molecular weight is 389 g/mol. The molecule has 1 heterocycles. The lowest BCUT2D eigenvalue weighted by molar-refractivity contribution is -0.387. The lowest BCUT2D eigenvalue weighted by atomic mass is 9.97. The van der Waals surface area contributed by atoms with E-state index in [1.54, 1.807) is 11.0 Å². The van der Waals surface area contributed by atoms with Crippen molar-refractivity contribution in [2.75, 3.05) is 23.0 Å². The highest BCUT2D eigenvalue weighted by molar-refractivity contribution is 7.90. The Kier molecular flexibility index (Phi) is 4.88. The Hall–Kier alpha value is -2.94. The Morgan fingerprint density at radius 2 is 1.93 bits per heavy atom. The molecule has 2 aromatic carbocycles. The molecule has 3 rings (SSSR count). The van der Waals surface area contributed by atoms with Crippen LogP contribution in [-0.2, 0) is 27.6 Å². The molecule has 0 radical (unpaired) electrons. The fourth-order valence-corrected chi connectivity index (χ4v) is 4.23. The molecular weight excluding hydrogens is 370 g/mol. The molecule has 0 saturated heterocycles. The van der Waals surface area contributed by atoms with Gasteiger partial charge in [-0.1, -0.05) is 18.2 Å². The molecule has 142 valence electrons. The zero-order chi connectivity index (χ0) is 19.8. The van der Waals surface area contributed by atoms with Gasteiger partial charge in [-0.05, 0) is 35.7 Å². The summed E-state index contributed by atoms with van der Waals surface area (Å²) in [6, 6.07) is 9.87. The normalized spacial score (nSPS) is 13.8. The monoisotopic (exact) mass is 389 g/mol. The second-order valence-corrected chi connectivity index (χ2v) is 8.43. The van der Waals surface area contributed by atoms with Gasteiger partial charge in [0.2, 0.25) is 5.91 Å². The van der Waals surface area contributed by atoms with Crippen molar-refractivity contribution >= 4 is 32.8 Å². The molecule has 0 unspecified atom stereocenters. The molecule has 0 aromatic heterocycles. The van der Waals surface area contributed by atoms with Crippen molar-refractivity contribution in [1.29, 1.82) is 0 Å². The number of hydrogen-bond acceptors (Lipinski definition) is 6. The summed E-state index contributed by atoms with van der Waals surface area (Å²) in [5, 5.41) is 14.4. The zero-order valence-electron chi connectivity index (χ0n) is 14.9. The fraction of sp³-hybridized carbons (Fsp3) is 0.278. The molecular formula is C18H19N3O5S. The van der Waals surface area contributed by atoms with Gasteiger partial charge < -0.3 is 10.2 Å². The average Bonchev–Trinajstić information content (AvgIpc) is 2.59. The molecule has 1 aliphatic heterocycles. The molecule has 0 atom stereocenters. The Bertz CT molecular complexity index is 1030. The molecule has 0 spiro atoms. The second kappa shape index (κ2) is 6.99. The lowest BCUT2D eigenvalue weighted by Crippen LogP contribution is -2.31. The number of hydrogen-bond donors (Lipinski definition) is 1. The lowest BCUT2D eigenvalue weighted by Gasteiger charge is -2.31. The third-order valence-corrected chi connectivity index (χ3v) is 5.61. The van der Waals surface area contributed by atoms with Gasteiger partial charge in [0, 0.05) is 32.0 Å². The molecule has 1 aliphatic rings. The molecule has 0 saturated carbocycles. The van der Waals surface area contributed by atoms with Gasteiger partial charge in [0.15, 0.2) is 9.84 Å². The largest absolute Gasteiger partial charge is 0.361 e. The number of fused-ring (bicyclic) bond motifs is 1. The van der Waals surface area contributed by atoms with Crippen LogP contribution in [0.2, 0.25) is 0 Å². The van der Waals surface area contributed by atoms with E-state index in [-0.39, 0.29) is 16.5 Å². The van der Waals surface area contributed by atoms with Crippen LogP contribution in [0.3, 0.4) is 0 Å². The topological polar surface area (TPSA) is 110 Å². The Morgan fingerprint density at radius 1 is 1.22 bits per heavy atom. The van der Waals surface area contributed by atoms with Gasteiger partial charge in [0.25, 0.3) is 0 Å². The quantitative estimate of drug-likeness (QED) is 0.636. The highest BCUT2D eigenvalue weighted by Gasteiger charge is 2.30. The third kappa shape index (κ3) is 3.77. The molecule has 0 fully saturated rings. The Labute approximate surface area is 156 Å². The number of anilines is 2. The molecule has 1 amide bonds. The number of benzene rings is 2. The van der Waals surface area contributed by atoms with Crippen molar-refractivity contribution in [2.45, 2.75) is 24.8 Å². The summed E-state index contributed by atoms with van der Waals surface area (Å²) in [6.07, 6.45) is 1.54. The second-order valence-electron chi connectivity index (χ2n) is 6.45. The minimum atomic E-state index is -3.74. The maximum atomic E-state index is 12.0. The predicted octanol–water partition coefficient (Wildman–Crippen LogP) is 2.52. The van der Waals surface area contributed by atoms with E-state index >= 15 is 0 Å². The Balaban J connectivity index is 2.04. The molecule has 27 heavy (non-hydrogen) atoms. The van der Waals surface area contributed by atoms with Crippen LogP contribution in [0.25, 0.3) is 0 Å². The number of carbonyl (C=O) groups is 1. The number of amides is 1. The summed E-state index contributed by atoms with van der Waals surface area (Å²) in [6.45, 7) is 2.29. The van der Waals surface area contributed by atoms with E-state index in [2.05, 4.69) is 5.32 Å². The first-order chi connectivity index (χ1) is 12.7. The first-order valence-corrected chi connectivity index (χ1v) is 10.2. The van der Waals surface area contributed by atoms with Crippen molar-refractivity contribution in [3.63, 3.8) is 0 Å². The summed E-state index contributed by atoms with van der Waals surface area (Å²) >= 11 is 0. The maximum absolute atomic E-state index is 12.0. The van der Waals surface area contributed by atoms with Crippen molar-refractivity contribution in [2.24, 2.45) is 0 Å². The molecule has 8 nitrogen and oxygen atoms in total. The highest BCUT2D eigenvalue weighted by atomic mass is 32.2. The number of sulfone groups is 1. The minimum absolute atomic E-state index is 0.165. The van der Waals surface area contributed by atoms with Crippen LogP contribution in [0.1, 0.15) is 18.1 Å². The van der Waals surface area contributed by atoms with Gasteiger partial charge in [-0.2, -0.15) is 0 Å². The summed E-state index contributed by atoms with van der Waals surface area (Å²) in [4.78, 5) is 23.9. The summed E-state index contributed by atoms with van der Waals surface area (Å²) in [5.41, 5.74) is 2.54. The molecule has 0 aliphatic carbocycles. The SMILES string of the molecule is CC(=O)Nc1cccc2c1CCN(c1cccc(S(C)(=O)=O)c1[N+](=O)[O-])C2. The van der Waals surface area contributed by atoms with Gasteiger partial charge in [0.1, 0.15) is 10.6 Å². The van der Waals surface area contributed by atoms with Crippen LogP contribution < -0.4 is 10.2 Å². The summed E-state index contributed by atoms with van der Waals surface area (Å²) in [5.74, 6) is -0.165. The van der Waals surface area contributed by atoms with Gasteiger partial charge in [-0.15, -0.1) is 0 Å². The third-order valence-electron chi connectivity index (χ3n) is 4.48. The van der Waals surface area contributed by atoms with Crippen LogP contribution in [0, 0.1) is 10.1 Å². The van der Waals surface area contributed by atoms with Gasteiger partial charge >= 0.3 is 5.69 Å². The van der Waals surface area contributed by atoms with Gasteiger partial charge in [0.05, 0.1) is 4.92 Å². The molecule has 0 bridgehead atoms. The summed E-state index contributed by atoms with van der Waals surface area (Å²) in [7, 11) is -3.74. The van der Waals surface area contributed by atoms with Crippen LogP contribution in [-0.4, -0.2) is 32.0 Å². The number of carbonyl (C=O) groups excluding carboxylic acids is 1. The van der Waals surface area contributed by atoms with E-state index in [1.165, 1.54) is 19.1 Å². The smallest absolute Gasteiger partial charge is 0.311 e. The minimum Gasteiger partial charge on any atom is -0.361 e. The van der Waals surface area contributed by atoms with E-state index < -0.39 is 20.4 Å². The van der Waals surface area contributed by atoms with E-state index in [0.29, 0.717) is 19.5 Å². The molecule has 9 heteroatoms. The van der Waals surface area contributed by atoms with Gasteiger partial charge in [-0.3, -0.25) is 14.9 Å². The fourth-order valence-electron chi connectivity index (χ4n) is 3.37. The molecule has 1 N–H and O–H groups in total. The number of para-hydroxylation sites is 1. The first kappa shape index (κ1) is 18.8. The maximum Gasteiger partial charge on any atom is 0.311 e. The van der Waals surface area contributed by atoms with Crippen molar-refractivity contribution in [3.8, 4) is 0 Å². The van der Waals surface area contributed by atoms with E-state index in [0.717, 1.165) is 23.1 Å². The standard InChI is InChI=1S/C18H19N3O5S/c1-12(22)19-15-6-3-5-13-11-20(10-9-14(13)15)16-7-4-8-17(27(2,25)26)18(16)21(23)24/h3-8H,9-11H2,1-2H3,(H,19,22).